The van der Waals surface area contributed by atoms with Gasteiger partial charge in [0.2, 0.25) is 0 Å². The van der Waals surface area contributed by atoms with Gasteiger partial charge in [-0.05, 0) is 46.2 Å². The lowest BCUT2D eigenvalue weighted by Crippen LogP contribution is -2.22. The molecule has 2 rings (SSSR count). The van der Waals surface area contributed by atoms with Crippen LogP contribution in [0.5, 0.6) is 0 Å². The summed E-state index contributed by atoms with van der Waals surface area (Å²) in [7, 11) is -1.27. The topological polar surface area (TPSA) is 38.0 Å². The highest BCUT2D eigenvalue weighted by Gasteiger charge is 2.32. The molecule has 27 heavy (non-hydrogen) atoms. The molecule has 0 aliphatic rings. The van der Waals surface area contributed by atoms with E-state index in [0.717, 1.165) is 18.2 Å². The average molecular weight is 480 g/mol. The van der Waals surface area contributed by atoms with E-state index in [4.69, 9.17) is 16.3 Å². The molecule has 3 nitrogen and oxygen atoms in total. The highest BCUT2D eigenvalue weighted by molar-refractivity contribution is 9.10. The highest BCUT2D eigenvalue weighted by Crippen LogP contribution is 2.39. The molecule has 0 unspecified atom stereocenters. The minimum absolute atomic E-state index is 0.106. The molecule has 0 bridgehead atoms. The van der Waals surface area contributed by atoms with Crippen LogP contribution in [0.1, 0.15) is 11.1 Å². The van der Waals surface area contributed by atoms with Gasteiger partial charge in [-0.1, -0.05) is 31.2 Å². The molecule has 0 aliphatic heterocycles. The number of hydrogen-bond acceptors (Lipinski definition) is 2. The van der Waals surface area contributed by atoms with Crippen LogP contribution in [0.2, 0.25) is 30.7 Å². The van der Waals surface area contributed by atoms with Gasteiger partial charge in [0.25, 0.3) is 0 Å². The second kappa shape index (κ2) is 8.39. The molecule has 0 radical (unpaired) electrons. The summed E-state index contributed by atoms with van der Waals surface area (Å²) in [6.07, 6.45) is -4.51. The fraction of sp³-hybridized carbons (Fsp3) is 0.389. The first kappa shape index (κ1) is 22.0. The van der Waals surface area contributed by atoms with Crippen LogP contribution in [0.25, 0.3) is 11.3 Å². The molecular weight excluding hydrogens is 461 g/mol. The van der Waals surface area contributed by atoms with Crippen LogP contribution in [-0.4, -0.2) is 19.2 Å². The predicted molar refractivity (Wildman–Crippen MR) is 106 cm³/mol. The molecule has 0 amide bonds. The van der Waals surface area contributed by atoms with E-state index in [1.54, 1.807) is 10.6 Å². The summed E-state index contributed by atoms with van der Waals surface area (Å²) in [5.74, 6) is 0. The Balaban J connectivity index is 2.44. The lowest BCUT2D eigenvalue weighted by molar-refractivity contribution is -0.137. The number of nitriles is 1. The van der Waals surface area contributed by atoms with Crippen molar-refractivity contribution >= 4 is 35.6 Å². The molecule has 0 fully saturated rings. The van der Waals surface area contributed by atoms with Crippen LogP contribution >= 0.6 is 27.5 Å². The number of rotatable bonds is 6. The number of benzene rings is 1. The fourth-order valence-electron chi connectivity index (χ4n) is 2.44. The molecule has 0 spiro atoms. The van der Waals surface area contributed by atoms with Gasteiger partial charge in [0, 0.05) is 25.3 Å². The Labute approximate surface area is 170 Å². The predicted octanol–water partition coefficient (Wildman–Crippen LogP) is 6.77. The summed E-state index contributed by atoms with van der Waals surface area (Å²) in [6.45, 7) is 7.32. The van der Waals surface area contributed by atoms with Gasteiger partial charge in [-0.2, -0.15) is 18.4 Å². The number of nitrogens with zero attached hydrogens (tertiary/aromatic N) is 2. The molecule has 1 aromatic heterocycles. The molecule has 2 aromatic rings. The third-order valence-electron chi connectivity index (χ3n) is 3.93. The van der Waals surface area contributed by atoms with Crippen LogP contribution in [0.15, 0.2) is 28.9 Å². The number of halogens is 5. The van der Waals surface area contributed by atoms with Crippen LogP contribution in [0, 0.1) is 11.3 Å². The summed E-state index contributed by atoms with van der Waals surface area (Å²) in [5, 5.41) is 9.56. The number of aromatic nitrogens is 1. The average Bonchev–Trinajstić information content (AvgIpc) is 2.86. The van der Waals surface area contributed by atoms with Crippen molar-refractivity contribution in [3.05, 3.63) is 45.0 Å². The first-order valence-electron chi connectivity index (χ1n) is 8.18. The second-order valence-electron chi connectivity index (χ2n) is 7.31. The summed E-state index contributed by atoms with van der Waals surface area (Å²) < 4.78 is 47.2. The van der Waals surface area contributed by atoms with E-state index in [1.807, 2.05) is 6.07 Å². The molecule has 1 heterocycles. The Bertz CT molecular complexity index is 869. The minimum Gasteiger partial charge on any atom is -0.361 e. The lowest BCUT2D eigenvalue weighted by atomic mass is 10.0. The molecule has 1 aromatic carbocycles. The van der Waals surface area contributed by atoms with Crippen molar-refractivity contribution in [3.8, 4) is 17.3 Å². The molecule has 0 aliphatic carbocycles. The van der Waals surface area contributed by atoms with E-state index >= 15 is 0 Å². The number of ether oxygens (including phenoxy) is 1. The van der Waals surface area contributed by atoms with Crippen LogP contribution < -0.4 is 0 Å². The van der Waals surface area contributed by atoms with Crippen LogP contribution in [-0.2, 0) is 17.6 Å². The highest BCUT2D eigenvalue weighted by atomic mass is 79.9. The Kier molecular flexibility index (Phi) is 6.84. The van der Waals surface area contributed by atoms with Gasteiger partial charge in [0.1, 0.15) is 12.8 Å². The first-order chi connectivity index (χ1) is 12.4. The van der Waals surface area contributed by atoms with E-state index in [9.17, 15) is 18.4 Å². The van der Waals surface area contributed by atoms with E-state index in [2.05, 4.69) is 35.6 Å². The zero-order valence-electron chi connectivity index (χ0n) is 15.1. The smallest absolute Gasteiger partial charge is 0.361 e. The molecule has 146 valence electrons. The zero-order valence-corrected chi connectivity index (χ0v) is 18.5. The quantitative estimate of drug-likeness (QED) is 0.338. The Hall–Kier alpha value is -1.27. The number of alkyl halides is 3. The van der Waals surface area contributed by atoms with Gasteiger partial charge >= 0.3 is 6.18 Å². The van der Waals surface area contributed by atoms with Crippen molar-refractivity contribution < 1.29 is 17.9 Å². The molecule has 0 saturated carbocycles. The van der Waals surface area contributed by atoms with Crippen molar-refractivity contribution in [2.75, 3.05) is 6.61 Å². The van der Waals surface area contributed by atoms with Gasteiger partial charge in [-0.25, -0.2) is 0 Å². The van der Waals surface area contributed by atoms with Crippen molar-refractivity contribution in [1.82, 2.24) is 4.57 Å². The van der Waals surface area contributed by atoms with E-state index in [0.29, 0.717) is 16.9 Å². The molecule has 0 N–H and O–H groups in total. The summed E-state index contributed by atoms with van der Waals surface area (Å²) in [4.78, 5) is 0. The minimum atomic E-state index is -4.51. The Morgan fingerprint density at radius 2 is 1.93 bits per heavy atom. The first-order valence-corrected chi connectivity index (χ1v) is 13.1. The summed E-state index contributed by atoms with van der Waals surface area (Å²) in [6, 6.07) is 7.60. The molecule has 0 atom stereocenters. The molecular formula is C18H19BrClF3N2OSi. The summed E-state index contributed by atoms with van der Waals surface area (Å²) in [5.41, 5.74) is -0.165. The lowest BCUT2D eigenvalue weighted by Gasteiger charge is -2.18. The fourth-order valence-corrected chi connectivity index (χ4v) is 3.91. The monoisotopic (exact) mass is 478 g/mol. The van der Waals surface area contributed by atoms with Crippen molar-refractivity contribution in [3.63, 3.8) is 0 Å². The van der Waals surface area contributed by atoms with E-state index in [-0.39, 0.29) is 22.9 Å². The Morgan fingerprint density at radius 1 is 1.26 bits per heavy atom. The maximum Gasteiger partial charge on any atom is 0.416 e. The summed E-state index contributed by atoms with van der Waals surface area (Å²) >= 11 is 9.53. The normalized spacial score (nSPS) is 12.3. The number of hydrogen-bond donors (Lipinski definition) is 0. The van der Waals surface area contributed by atoms with Crippen molar-refractivity contribution in [1.29, 1.82) is 5.26 Å². The van der Waals surface area contributed by atoms with Crippen molar-refractivity contribution in [2.24, 2.45) is 0 Å². The standard InChI is InChI=1S/C18H19BrClF3N2OSi/c1-27(2,3)7-6-26-11-25-16(19)8-12(10-24)17(25)14-9-13(18(21,22)23)4-5-15(14)20/h4-5,8-9H,6-7,11H2,1-3H3. The second-order valence-corrected chi connectivity index (χ2v) is 14.2. The SMILES string of the molecule is C[Si](C)(C)CCOCn1c(Br)cc(C#N)c1-c1cc(C(F)(F)F)ccc1Cl. The van der Waals surface area contributed by atoms with Gasteiger partial charge in [0.05, 0.1) is 21.4 Å². The van der Waals surface area contributed by atoms with Gasteiger partial charge in [-0.15, -0.1) is 0 Å². The van der Waals surface area contributed by atoms with Gasteiger partial charge < -0.3 is 9.30 Å². The van der Waals surface area contributed by atoms with Gasteiger partial charge in [0.15, 0.2) is 0 Å². The third-order valence-corrected chi connectivity index (χ3v) is 6.62. The maximum absolute atomic E-state index is 13.1. The van der Waals surface area contributed by atoms with Crippen LogP contribution in [0.4, 0.5) is 13.2 Å². The molecule has 9 heteroatoms. The largest absolute Gasteiger partial charge is 0.416 e. The maximum atomic E-state index is 13.1. The third kappa shape index (κ3) is 5.61. The van der Waals surface area contributed by atoms with E-state index < -0.39 is 19.8 Å². The Morgan fingerprint density at radius 3 is 2.48 bits per heavy atom. The van der Waals surface area contributed by atoms with Crippen molar-refractivity contribution in [2.45, 2.75) is 38.6 Å². The zero-order chi connectivity index (χ0) is 20.4. The molecule has 0 saturated heterocycles. The van der Waals surface area contributed by atoms with Gasteiger partial charge in [-0.3, -0.25) is 0 Å². The van der Waals surface area contributed by atoms with E-state index in [1.165, 1.54) is 6.07 Å². The van der Waals surface area contributed by atoms with Crippen LogP contribution in [0.3, 0.4) is 0 Å².